The molecule has 0 bridgehead atoms. The van der Waals surface area contributed by atoms with Crippen LogP contribution in [0.25, 0.3) is 11.3 Å². The van der Waals surface area contributed by atoms with E-state index in [0.29, 0.717) is 23.9 Å². The van der Waals surface area contributed by atoms with E-state index in [1.807, 2.05) is 0 Å². The van der Waals surface area contributed by atoms with E-state index in [2.05, 4.69) is 9.97 Å². The minimum absolute atomic E-state index is 0.0504. The van der Waals surface area contributed by atoms with Gasteiger partial charge in [0.15, 0.2) is 5.43 Å². The number of benzene rings is 1. The van der Waals surface area contributed by atoms with Gasteiger partial charge in [-0.25, -0.2) is 14.2 Å². The van der Waals surface area contributed by atoms with E-state index in [1.54, 1.807) is 6.92 Å². The number of ether oxygens (including phenoxy) is 2. The lowest BCUT2D eigenvalue weighted by atomic mass is 10.0. The highest BCUT2D eigenvalue weighted by atomic mass is 19.4. The van der Waals surface area contributed by atoms with Crippen LogP contribution in [-0.2, 0) is 17.3 Å². The number of halogens is 4. The van der Waals surface area contributed by atoms with Crippen molar-refractivity contribution in [2.75, 3.05) is 6.61 Å². The highest BCUT2D eigenvalue weighted by molar-refractivity contribution is 5.96. The van der Waals surface area contributed by atoms with Crippen molar-refractivity contribution in [2.45, 2.75) is 33.4 Å². The average Bonchev–Trinajstić information content (AvgIpc) is 2.74. The highest BCUT2D eigenvalue weighted by Gasteiger charge is 2.33. The van der Waals surface area contributed by atoms with Gasteiger partial charge < -0.3 is 14.5 Å². The number of alkyl halides is 3. The molecule has 6 nitrogen and oxygen atoms in total. The van der Waals surface area contributed by atoms with E-state index in [-0.39, 0.29) is 29.5 Å². The van der Waals surface area contributed by atoms with Gasteiger partial charge in [0.1, 0.15) is 17.1 Å². The van der Waals surface area contributed by atoms with Crippen molar-refractivity contribution >= 4 is 5.97 Å². The SMILES string of the molecule is CCOC(=O)c1c(-c2cc(C(F)(F)F)cnc2Oc2ccc(F)cc2CC)[nH]c(C)cc1=O. The molecule has 3 aromatic rings. The molecule has 2 aromatic heterocycles. The minimum Gasteiger partial charge on any atom is -0.462 e. The molecule has 0 unspecified atom stereocenters. The summed E-state index contributed by atoms with van der Waals surface area (Å²) < 4.78 is 64.7. The summed E-state index contributed by atoms with van der Waals surface area (Å²) in [6, 6.07) is 5.55. The molecule has 0 atom stereocenters. The molecule has 0 spiro atoms. The van der Waals surface area contributed by atoms with Crippen LogP contribution in [0.3, 0.4) is 0 Å². The molecule has 0 aliphatic carbocycles. The largest absolute Gasteiger partial charge is 0.462 e. The Kier molecular flexibility index (Phi) is 6.85. The van der Waals surface area contributed by atoms with Gasteiger partial charge in [-0.15, -0.1) is 0 Å². The molecule has 10 heteroatoms. The Morgan fingerprint density at radius 3 is 2.52 bits per heavy atom. The molecule has 0 aliphatic heterocycles. The second-order valence-electron chi connectivity index (χ2n) is 7.07. The lowest BCUT2D eigenvalue weighted by Gasteiger charge is -2.17. The first-order valence-electron chi connectivity index (χ1n) is 10.00. The predicted molar refractivity (Wildman–Crippen MR) is 112 cm³/mol. The van der Waals surface area contributed by atoms with E-state index in [0.717, 1.165) is 18.2 Å². The van der Waals surface area contributed by atoms with Gasteiger partial charge in [-0.2, -0.15) is 13.2 Å². The Hall–Kier alpha value is -3.69. The van der Waals surface area contributed by atoms with E-state index in [9.17, 15) is 27.2 Å². The van der Waals surface area contributed by atoms with Gasteiger partial charge in [0.25, 0.3) is 0 Å². The normalized spacial score (nSPS) is 11.4. The number of carbonyl (C=O) groups excluding carboxylic acids is 1. The van der Waals surface area contributed by atoms with Crippen LogP contribution >= 0.6 is 0 Å². The van der Waals surface area contributed by atoms with Gasteiger partial charge in [-0.1, -0.05) is 6.92 Å². The number of H-pyrrole nitrogens is 1. The molecule has 1 aromatic carbocycles. The van der Waals surface area contributed by atoms with E-state index >= 15 is 0 Å². The monoisotopic (exact) mass is 464 g/mol. The Morgan fingerprint density at radius 1 is 1.15 bits per heavy atom. The van der Waals surface area contributed by atoms with Crippen molar-refractivity contribution < 1.29 is 31.8 Å². The maximum Gasteiger partial charge on any atom is 0.417 e. The van der Waals surface area contributed by atoms with Gasteiger partial charge in [-0.3, -0.25) is 4.79 Å². The van der Waals surface area contributed by atoms with E-state index < -0.39 is 34.5 Å². The molecule has 174 valence electrons. The minimum atomic E-state index is -4.75. The highest BCUT2D eigenvalue weighted by Crippen LogP contribution is 2.38. The third-order valence-corrected chi connectivity index (χ3v) is 4.70. The van der Waals surface area contributed by atoms with Crippen molar-refractivity contribution in [2.24, 2.45) is 0 Å². The van der Waals surface area contributed by atoms with Crippen molar-refractivity contribution in [1.29, 1.82) is 0 Å². The van der Waals surface area contributed by atoms with Crippen LogP contribution < -0.4 is 10.2 Å². The van der Waals surface area contributed by atoms with E-state index in [1.165, 1.54) is 26.0 Å². The number of aryl methyl sites for hydroxylation is 2. The molecular weight excluding hydrogens is 444 g/mol. The topological polar surface area (TPSA) is 81.3 Å². The second-order valence-corrected chi connectivity index (χ2v) is 7.07. The van der Waals surface area contributed by atoms with Crippen LogP contribution in [-0.4, -0.2) is 22.5 Å². The molecule has 0 saturated carbocycles. The number of aromatic amines is 1. The smallest absolute Gasteiger partial charge is 0.417 e. The Morgan fingerprint density at radius 2 is 1.88 bits per heavy atom. The van der Waals surface area contributed by atoms with Crippen molar-refractivity contribution in [3.8, 4) is 22.9 Å². The molecule has 1 N–H and O–H groups in total. The maximum atomic E-state index is 13.6. The molecule has 0 saturated heterocycles. The average molecular weight is 464 g/mol. The zero-order valence-electron chi connectivity index (χ0n) is 18.0. The predicted octanol–water partition coefficient (Wildman–Crippen LogP) is 5.43. The molecule has 3 rings (SSSR count). The Labute approximate surface area is 186 Å². The number of rotatable bonds is 6. The van der Waals surface area contributed by atoms with Crippen molar-refractivity contribution in [1.82, 2.24) is 9.97 Å². The molecule has 33 heavy (non-hydrogen) atoms. The molecule has 0 radical (unpaired) electrons. The van der Waals surface area contributed by atoms with Gasteiger partial charge >= 0.3 is 12.1 Å². The number of nitrogens with zero attached hydrogens (tertiary/aromatic N) is 1. The number of hydrogen-bond donors (Lipinski definition) is 1. The zero-order valence-corrected chi connectivity index (χ0v) is 18.0. The number of esters is 1. The summed E-state index contributed by atoms with van der Waals surface area (Å²) in [5.41, 5.74) is -2.10. The lowest BCUT2D eigenvalue weighted by Crippen LogP contribution is -2.20. The summed E-state index contributed by atoms with van der Waals surface area (Å²) in [5, 5.41) is 0. The Bertz CT molecular complexity index is 1250. The summed E-state index contributed by atoms with van der Waals surface area (Å²) in [5.74, 6) is -1.66. The fourth-order valence-electron chi connectivity index (χ4n) is 3.19. The third kappa shape index (κ3) is 5.21. The fraction of sp³-hybridized carbons (Fsp3) is 0.261. The van der Waals surface area contributed by atoms with Crippen LogP contribution in [0.4, 0.5) is 17.6 Å². The molecule has 0 fully saturated rings. The van der Waals surface area contributed by atoms with Crippen molar-refractivity contribution in [3.63, 3.8) is 0 Å². The molecule has 0 amide bonds. The van der Waals surface area contributed by atoms with Crippen molar-refractivity contribution in [3.05, 3.63) is 75.0 Å². The summed E-state index contributed by atoms with van der Waals surface area (Å²) in [7, 11) is 0. The van der Waals surface area contributed by atoms with Crippen LogP contribution in [0.1, 0.15) is 41.0 Å². The summed E-state index contributed by atoms with van der Waals surface area (Å²) >= 11 is 0. The first-order valence-corrected chi connectivity index (χ1v) is 10.00. The standard InChI is InChI=1S/C23H20F4N2O4/c1-4-13-9-15(24)6-7-18(13)33-21-16(10-14(11-28-21)23(25,26)27)20-19(22(31)32-5-2)17(30)8-12(3)29-20/h6-11H,4-5H2,1-3H3,(H,29,30). The molecule has 0 aliphatic rings. The number of pyridine rings is 2. The first-order chi connectivity index (χ1) is 15.5. The number of carbonyl (C=O) groups is 1. The van der Waals surface area contributed by atoms with Gasteiger partial charge in [-0.05, 0) is 50.1 Å². The Balaban J connectivity index is 2.29. The third-order valence-electron chi connectivity index (χ3n) is 4.70. The van der Waals surface area contributed by atoms with Crippen LogP contribution in [0.5, 0.6) is 11.6 Å². The fourth-order valence-corrected chi connectivity index (χ4v) is 3.19. The molecule has 2 heterocycles. The van der Waals surface area contributed by atoms with Gasteiger partial charge in [0, 0.05) is 18.0 Å². The summed E-state index contributed by atoms with van der Waals surface area (Å²) in [4.78, 5) is 31.7. The number of hydrogen-bond acceptors (Lipinski definition) is 5. The number of nitrogens with one attached hydrogen (secondary N) is 1. The second kappa shape index (κ2) is 9.43. The maximum absolute atomic E-state index is 13.6. The summed E-state index contributed by atoms with van der Waals surface area (Å²) in [6.07, 6.45) is -3.80. The van der Waals surface area contributed by atoms with Crippen LogP contribution in [0.2, 0.25) is 0 Å². The van der Waals surface area contributed by atoms with E-state index in [4.69, 9.17) is 9.47 Å². The zero-order chi connectivity index (χ0) is 24.3. The number of aromatic nitrogens is 2. The van der Waals surface area contributed by atoms with Crippen LogP contribution in [0, 0.1) is 12.7 Å². The van der Waals surface area contributed by atoms with Crippen LogP contribution in [0.15, 0.2) is 41.3 Å². The first kappa shape index (κ1) is 24.0. The quantitative estimate of drug-likeness (QED) is 0.388. The lowest BCUT2D eigenvalue weighted by molar-refractivity contribution is -0.137. The van der Waals surface area contributed by atoms with Gasteiger partial charge in [0.2, 0.25) is 5.88 Å². The molecular formula is C23H20F4N2O4. The van der Waals surface area contributed by atoms with Gasteiger partial charge in [0.05, 0.1) is 23.4 Å². The summed E-state index contributed by atoms with van der Waals surface area (Å²) in [6.45, 7) is 4.74.